The van der Waals surface area contributed by atoms with E-state index in [1.54, 1.807) is 0 Å². The molecule has 0 amide bonds. The molecule has 0 aromatic heterocycles. The molecule has 0 aromatic carbocycles. The number of rotatable bonds is 5. The Labute approximate surface area is 95.0 Å². The lowest BCUT2D eigenvalue weighted by Gasteiger charge is -2.27. The fourth-order valence-corrected chi connectivity index (χ4v) is 2.75. The van der Waals surface area contributed by atoms with Gasteiger partial charge in [0.25, 0.3) is 0 Å². The lowest BCUT2D eigenvalue weighted by Crippen LogP contribution is -2.36. The van der Waals surface area contributed by atoms with Gasteiger partial charge in [-0.2, -0.15) is 0 Å². The average Bonchev–Trinajstić information content (AvgIpc) is 2.50. The van der Waals surface area contributed by atoms with E-state index in [0.717, 1.165) is 24.3 Å². The summed E-state index contributed by atoms with van der Waals surface area (Å²) >= 11 is 0. The van der Waals surface area contributed by atoms with Gasteiger partial charge >= 0.3 is 0 Å². The first-order chi connectivity index (χ1) is 7.00. The maximum Gasteiger partial charge on any atom is 0.00824 e. The predicted molar refractivity (Wildman–Crippen MR) is 66.8 cm³/mol. The molecule has 3 N–H and O–H groups in total. The van der Waals surface area contributed by atoms with Gasteiger partial charge in [0.1, 0.15) is 0 Å². The monoisotopic (exact) mass is 212 g/mol. The molecule has 0 bridgehead atoms. The molecule has 2 atom stereocenters. The van der Waals surface area contributed by atoms with E-state index in [2.05, 4.69) is 33.0 Å². The summed E-state index contributed by atoms with van der Waals surface area (Å²) in [4.78, 5) is 0. The molecule has 2 unspecified atom stereocenters. The van der Waals surface area contributed by atoms with E-state index in [4.69, 9.17) is 5.73 Å². The Morgan fingerprint density at radius 1 is 1.13 bits per heavy atom. The summed E-state index contributed by atoms with van der Waals surface area (Å²) < 4.78 is 0. The molecule has 0 aliphatic heterocycles. The molecule has 15 heavy (non-hydrogen) atoms. The van der Waals surface area contributed by atoms with Crippen molar-refractivity contribution >= 4 is 0 Å². The van der Waals surface area contributed by atoms with Crippen molar-refractivity contribution in [3.05, 3.63) is 0 Å². The van der Waals surface area contributed by atoms with Crippen molar-refractivity contribution < 1.29 is 0 Å². The van der Waals surface area contributed by atoms with Gasteiger partial charge in [-0.05, 0) is 43.6 Å². The van der Waals surface area contributed by atoms with Crippen molar-refractivity contribution in [2.75, 3.05) is 6.54 Å². The summed E-state index contributed by atoms with van der Waals surface area (Å²) in [5, 5.41) is 3.69. The predicted octanol–water partition coefficient (Wildman–Crippen LogP) is 2.38. The van der Waals surface area contributed by atoms with Crippen molar-refractivity contribution in [1.82, 2.24) is 5.32 Å². The maximum atomic E-state index is 5.91. The van der Waals surface area contributed by atoms with Gasteiger partial charge in [0.15, 0.2) is 0 Å². The standard InChI is InChI=1S/C13H28N2/c1-9(2)13(10(3)4)8-15-12-6-5-11(14)7-12/h9-13,15H,5-8,14H2,1-4H3. The van der Waals surface area contributed by atoms with Crippen LogP contribution in [0.15, 0.2) is 0 Å². The zero-order chi connectivity index (χ0) is 11.4. The molecule has 1 aliphatic rings. The van der Waals surface area contributed by atoms with Crippen LogP contribution in [0.1, 0.15) is 47.0 Å². The Kier molecular flexibility index (Phi) is 5.07. The van der Waals surface area contributed by atoms with E-state index in [0.29, 0.717) is 12.1 Å². The highest BCUT2D eigenvalue weighted by Crippen LogP contribution is 2.22. The molecule has 1 fully saturated rings. The fourth-order valence-electron chi connectivity index (χ4n) is 2.75. The van der Waals surface area contributed by atoms with Gasteiger partial charge in [0.05, 0.1) is 0 Å². The third-order valence-corrected chi connectivity index (χ3v) is 3.83. The minimum Gasteiger partial charge on any atom is -0.328 e. The second kappa shape index (κ2) is 5.86. The first-order valence-electron chi connectivity index (χ1n) is 6.49. The van der Waals surface area contributed by atoms with E-state index in [9.17, 15) is 0 Å². The van der Waals surface area contributed by atoms with Gasteiger partial charge in [-0.25, -0.2) is 0 Å². The minimum atomic E-state index is 0.444. The van der Waals surface area contributed by atoms with Crippen molar-refractivity contribution in [3.8, 4) is 0 Å². The lowest BCUT2D eigenvalue weighted by molar-refractivity contribution is 0.265. The quantitative estimate of drug-likeness (QED) is 0.734. The highest BCUT2D eigenvalue weighted by molar-refractivity contribution is 4.83. The molecule has 0 radical (unpaired) electrons. The molecule has 90 valence electrons. The van der Waals surface area contributed by atoms with E-state index < -0.39 is 0 Å². The molecule has 0 heterocycles. The summed E-state index contributed by atoms with van der Waals surface area (Å²) in [6, 6.07) is 1.12. The van der Waals surface area contributed by atoms with Gasteiger partial charge in [-0.3, -0.25) is 0 Å². The van der Waals surface area contributed by atoms with Crippen LogP contribution in [0, 0.1) is 17.8 Å². The topological polar surface area (TPSA) is 38.0 Å². The number of hydrogen-bond donors (Lipinski definition) is 2. The molecule has 0 aromatic rings. The fraction of sp³-hybridized carbons (Fsp3) is 1.00. The molecule has 0 spiro atoms. The first-order valence-corrected chi connectivity index (χ1v) is 6.49. The van der Waals surface area contributed by atoms with Crippen LogP contribution in [0.4, 0.5) is 0 Å². The van der Waals surface area contributed by atoms with E-state index in [1.807, 2.05) is 0 Å². The molecule has 1 rings (SSSR count). The maximum absolute atomic E-state index is 5.91. The van der Waals surface area contributed by atoms with Gasteiger partial charge in [0.2, 0.25) is 0 Å². The van der Waals surface area contributed by atoms with Crippen LogP contribution in [0.5, 0.6) is 0 Å². The summed E-state index contributed by atoms with van der Waals surface area (Å²) in [6.45, 7) is 10.5. The summed E-state index contributed by atoms with van der Waals surface area (Å²) in [5.41, 5.74) is 5.91. The Morgan fingerprint density at radius 2 is 1.73 bits per heavy atom. The second-order valence-corrected chi connectivity index (χ2v) is 5.83. The van der Waals surface area contributed by atoms with E-state index in [1.165, 1.54) is 19.3 Å². The third-order valence-electron chi connectivity index (χ3n) is 3.83. The van der Waals surface area contributed by atoms with Crippen molar-refractivity contribution in [3.63, 3.8) is 0 Å². The van der Waals surface area contributed by atoms with Gasteiger partial charge in [-0.15, -0.1) is 0 Å². The van der Waals surface area contributed by atoms with E-state index in [-0.39, 0.29) is 0 Å². The highest BCUT2D eigenvalue weighted by atomic mass is 14.9. The summed E-state index contributed by atoms with van der Waals surface area (Å²) in [5.74, 6) is 2.34. The first kappa shape index (κ1) is 13.0. The van der Waals surface area contributed by atoms with Crippen LogP contribution >= 0.6 is 0 Å². The Morgan fingerprint density at radius 3 is 2.13 bits per heavy atom. The highest BCUT2D eigenvalue weighted by Gasteiger charge is 2.23. The molecule has 1 aliphatic carbocycles. The third kappa shape index (κ3) is 4.12. The minimum absolute atomic E-state index is 0.444. The van der Waals surface area contributed by atoms with Crippen molar-refractivity contribution in [2.45, 2.75) is 59.0 Å². The van der Waals surface area contributed by atoms with Crippen molar-refractivity contribution in [1.29, 1.82) is 0 Å². The zero-order valence-electron chi connectivity index (χ0n) is 10.8. The number of nitrogens with one attached hydrogen (secondary N) is 1. The Hall–Kier alpha value is -0.0800. The van der Waals surface area contributed by atoms with Gasteiger partial charge in [0, 0.05) is 12.1 Å². The molecule has 1 saturated carbocycles. The van der Waals surface area contributed by atoms with E-state index >= 15 is 0 Å². The number of hydrogen-bond acceptors (Lipinski definition) is 2. The van der Waals surface area contributed by atoms with Crippen LogP contribution in [-0.2, 0) is 0 Å². The van der Waals surface area contributed by atoms with Crippen LogP contribution in [0.25, 0.3) is 0 Å². The summed E-state index contributed by atoms with van der Waals surface area (Å²) in [6.07, 6.45) is 3.64. The molecular formula is C13H28N2. The summed E-state index contributed by atoms with van der Waals surface area (Å²) in [7, 11) is 0. The van der Waals surface area contributed by atoms with Gasteiger partial charge in [-0.1, -0.05) is 27.7 Å². The molecule has 2 heteroatoms. The SMILES string of the molecule is CC(C)C(CNC1CCC(N)C1)C(C)C. The average molecular weight is 212 g/mol. The van der Waals surface area contributed by atoms with Crippen LogP contribution in [0.3, 0.4) is 0 Å². The smallest absolute Gasteiger partial charge is 0.00824 e. The largest absolute Gasteiger partial charge is 0.328 e. The Balaban J connectivity index is 2.27. The second-order valence-electron chi connectivity index (χ2n) is 5.83. The lowest BCUT2D eigenvalue weighted by atomic mass is 9.85. The van der Waals surface area contributed by atoms with Crippen LogP contribution in [-0.4, -0.2) is 18.6 Å². The van der Waals surface area contributed by atoms with Crippen LogP contribution < -0.4 is 11.1 Å². The van der Waals surface area contributed by atoms with Crippen molar-refractivity contribution in [2.24, 2.45) is 23.5 Å². The Bertz CT molecular complexity index is 169. The molecular weight excluding hydrogens is 184 g/mol. The normalized spacial score (nSPS) is 27.2. The molecule has 0 saturated heterocycles. The number of nitrogens with two attached hydrogens (primary N) is 1. The van der Waals surface area contributed by atoms with Gasteiger partial charge < -0.3 is 11.1 Å². The zero-order valence-corrected chi connectivity index (χ0v) is 10.8. The molecule has 2 nitrogen and oxygen atoms in total. The van der Waals surface area contributed by atoms with Crippen LogP contribution in [0.2, 0.25) is 0 Å².